The SMILES string of the molecule is COc1ccc(Br)c(-c2ccc(OC)c(OC)c2)c1. The highest BCUT2D eigenvalue weighted by Crippen LogP contribution is 2.36. The number of benzene rings is 2. The van der Waals surface area contributed by atoms with Gasteiger partial charge in [0, 0.05) is 4.47 Å². The third-order valence-corrected chi connectivity index (χ3v) is 3.56. The second-order valence-electron chi connectivity index (χ2n) is 3.92. The molecular formula is C15H15BrO3. The van der Waals surface area contributed by atoms with Crippen LogP contribution in [0.3, 0.4) is 0 Å². The lowest BCUT2D eigenvalue weighted by Crippen LogP contribution is -1.91. The van der Waals surface area contributed by atoms with E-state index in [0.717, 1.165) is 21.3 Å². The van der Waals surface area contributed by atoms with Crippen molar-refractivity contribution in [2.24, 2.45) is 0 Å². The fraction of sp³-hybridized carbons (Fsp3) is 0.200. The van der Waals surface area contributed by atoms with Crippen molar-refractivity contribution in [1.82, 2.24) is 0 Å². The van der Waals surface area contributed by atoms with Crippen molar-refractivity contribution in [3.8, 4) is 28.4 Å². The first kappa shape index (κ1) is 13.7. The zero-order valence-corrected chi connectivity index (χ0v) is 12.7. The second-order valence-corrected chi connectivity index (χ2v) is 4.77. The van der Waals surface area contributed by atoms with E-state index < -0.39 is 0 Å². The Balaban J connectivity index is 2.52. The maximum Gasteiger partial charge on any atom is 0.161 e. The molecule has 0 bridgehead atoms. The molecule has 0 N–H and O–H groups in total. The molecular weight excluding hydrogens is 308 g/mol. The number of rotatable bonds is 4. The first-order valence-corrected chi connectivity index (χ1v) is 6.55. The molecule has 19 heavy (non-hydrogen) atoms. The van der Waals surface area contributed by atoms with Crippen molar-refractivity contribution in [3.05, 3.63) is 40.9 Å². The fourth-order valence-corrected chi connectivity index (χ4v) is 2.33. The molecule has 0 fully saturated rings. The topological polar surface area (TPSA) is 27.7 Å². The minimum atomic E-state index is 0.703. The van der Waals surface area contributed by atoms with E-state index in [1.807, 2.05) is 36.4 Å². The number of hydrogen-bond acceptors (Lipinski definition) is 3. The third kappa shape index (κ3) is 2.84. The molecule has 0 saturated carbocycles. The average Bonchev–Trinajstić information content (AvgIpc) is 2.47. The Morgan fingerprint density at radius 1 is 0.789 bits per heavy atom. The maximum atomic E-state index is 5.32. The minimum absolute atomic E-state index is 0.703. The first-order valence-electron chi connectivity index (χ1n) is 5.75. The third-order valence-electron chi connectivity index (χ3n) is 2.87. The Kier molecular flexibility index (Phi) is 4.32. The Morgan fingerprint density at radius 2 is 1.53 bits per heavy atom. The summed E-state index contributed by atoms with van der Waals surface area (Å²) in [5.74, 6) is 2.23. The van der Waals surface area contributed by atoms with Gasteiger partial charge in [-0.2, -0.15) is 0 Å². The zero-order chi connectivity index (χ0) is 13.8. The van der Waals surface area contributed by atoms with Crippen LogP contribution in [0.25, 0.3) is 11.1 Å². The Labute approximate surface area is 121 Å². The molecule has 0 atom stereocenters. The van der Waals surface area contributed by atoms with Crippen molar-refractivity contribution in [2.75, 3.05) is 21.3 Å². The zero-order valence-electron chi connectivity index (χ0n) is 11.1. The summed E-state index contributed by atoms with van der Waals surface area (Å²) in [5.41, 5.74) is 2.07. The molecule has 0 amide bonds. The van der Waals surface area contributed by atoms with Crippen LogP contribution in [0.5, 0.6) is 17.2 Å². The van der Waals surface area contributed by atoms with Crippen molar-refractivity contribution in [3.63, 3.8) is 0 Å². The van der Waals surface area contributed by atoms with E-state index in [4.69, 9.17) is 14.2 Å². The highest BCUT2D eigenvalue weighted by Gasteiger charge is 2.09. The van der Waals surface area contributed by atoms with E-state index in [9.17, 15) is 0 Å². The van der Waals surface area contributed by atoms with Gasteiger partial charge in [-0.1, -0.05) is 22.0 Å². The number of methoxy groups -OCH3 is 3. The Hall–Kier alpha value is -1.68. The minimum Gasteiger partial charge on any atom is -0.497 e. The van der Waals surface area contributed by atoms with Crippen molar-refractivity contribution in [1.29, 1.82) is 0 Å². The van der Waals surface area contributed by atoms with Crippen LogP contribution in [0.15, 0.2) is 40.9 Å². The van der Waals surface area contributed by atoms with Gasteiger partial charge in [0.2, 0.25) is 0 Å². The molecule has 2 aromatic rings. The molecule has 0 spiro atoms. The molecule has 0 radical (unpaired) electrons. The van der Waals surface area contributed by atoms with Crippen LogP contribution >= 0.6 is 15.9 Å². The lowest BCUT2D eigenvalue weighted by atomic mass is 10.0. The highest BCUT2D eigenvalue weighted by molar-refractivity contribution is 9.10. The van der Waals surface area contributed by atoms with Crippen molar-refractivity contribution in [2.45, 2.75) is 0 Å². The van der Waals surface area contributed by atoms with E-state index in [1.54, 1.807) is 21.3 Å². The predicted octanol–water partition coefficient (Wildman–Crippen LogP) is 4.14. The van der Waals surface area contributed by atoms with Gasteiger partial charge in [-0.25, -0.2) is 0 Å². The summed E-state index contributed by atoms with van der Waals surface area (Å²) < 4.78 is 16.8. The highest BCUT2D eigenvalue weighted by atomic mass is 79.9. The summed E-state index contributed by atoms with van der Waals surface area (Å²) in [7, 11) is 4.91. The molecule has 2 aromatic carbocycles. The Morgan fingerprint density at radius 3 is 2.16 bits per heavy atom. The Bertz CT molecular complexity index is 582. The molecule has 0 heterocycles. The van der Waals surface area contributed by atoms with Gasteiger partial charge in [-0.05, 0) is 41.5 Å². The van der Waals surface area contributed by atoms with Crippen LogP contribution in [-0.2, 0) is 0 Å². The van der Waals surface area contributed by atoms with E-state index in [0.29, 0.717) is 11.5 Å². The second kappa shape index (κ2) is 5.97. The first-order chi connectivity index (χ1) is 9.19. The van der Waals surface area contributed by atoms with Gasteiger partial charge in [0.1, 0.15) is 5.75 Å². The van der Waals surface area contributed by atoms with Crippen LogP contribution in [0.1, 0.15) is 0 Å². The molecule has 100 valence electrons. The molecule has 0 aliphatic carbocycles. The normalized spacial score (nSPS) is 10.1. The molecule has 0 aliphatic heterocycles. The van der Waals surface area contributed by atoms with Crippen LogP contribution in [0, 0.1) is 0 Å². The molecule has 2 rings (SSSR count). The standard InChI is InChI=1S/C15H15BrO3/c1-17-11-5-6-13(16)12(9-11)10-4-7-14(18-2)15(8-10)19-3/h4-9H,1-3H3. The predicted molar refractivity (Wildman–Crippen MR) is 79.2 cm³/mol. The lowest BCUT2D eigenvalue weighted by Gasteiger charge is -2.11. The summed E-state index contributed by atoms with van der Waals surface area (Å²) in [4.78, 5) is 0. The largest absolute Gasteiger partial charge is 0.497 e. The van der Waals surface area contributed by atoms with E-state index in [2.05, 4.69) is 15.9 Å². The fourth-order valence-electron chi connectivity index (χ4n) is 1.86. The number of hydrogen-bond donors (Lipinski definition) is 0. The molecule has 0 aromatic heterocycles. The van der Waals surface area contributed by atoms with Crippen LogP contribution in [0.2, 0.25) is 0 Å². The molecule has 0 aliphatic rings. The van der Waals surface area contributed by atoms with Gasteiger partial charge >= 0.3 is 0 Å². The quantitative estimate of drug-likeness (QED) is 0.846. The summed E-state index contributed by atoms with van der Waals surface area (Å²) in [6.07, 6.45) is 0. The van der Waals surface area contributed by atoms with Crippen LogP contribution in [-0.4, -0.2) is 21.3 Å². The van der Waals surface area contributed by atoms with E-state index in [-0.39, 0.29) is 0 Å². The number of halogens is 1. The molecule has 0 unspecified atom stereocenters. The summed E-state index contributed by atoms with van der Waals surface area (Å²) in [6.45, 7) is 0. The van der Waals surface area contributed by atoms with Gasteiger partial charge < -0.3 is 14.2 Å². The maximum absolute atomic E-state index is 5.32. The average molecular weight is 323 g/mol. The number of ether oxygens (including phenoxy) is 3. The van der Waals surface area contributed by atoms with Crippen molar-refractivity contribution < 1.29 is 14.2 Å². The summed E-state index contributed by atoms with van der Waals surface area (Å²) >= 11 is 3.55. The molecule has 0 saturated heterocycles. The monoisotopic (exact) mass is 322 g/mol. The van der Waals surface area contributed by atoms with E-state index in [1.165, 1.54) is 0 Å². The van der Waals surface area contributed by atoms with Gasteiger partial charge in [0.25, 0.3) is 0 Å². The van der Waals surface area contributed by atoms with Gasteiger partial charge in [-0.15, -0.1) is 0 Å². The van der Waals surface area contributed by atoms with Gasteiger partial charge in [0.05, 0.1) is 21.3 Å². The van der Waals surface area contributed by atoms with Gasteiger partial charge in [0.15, 0.2) is 11.5 Å². The van der Waals surface area contributed by atoms with Crippen LogP contribution < -0.4 is 14.2 Å². The van der Waals surface area contributed by atoms with Crippen molar-refractivity contribution >= 4 is 15.9 Å². The summed E-state index contributed by atoms with van der Waals surface area (Å²) in [5, 5.41) is 0. The molecule has 3 nitrogen and oxygen atoms in total. The van der Waals surface area contributed by atoms with E-state index >= 15 is 0 Å². The van der Waals surface area contributed by atoms with Crippen LogP contribution in [0.4, 0.5) is 0 Å². The smallest absolute Gasteiger partial charge is 0.161 e. The summed E-state index contributed by atoms with van der Waals surface area (Å²) in [6, 6.07) is 11.7. The van der Waals surface area contributed by atoms with Gasteiger partial charge in [-0.3, -0.25) is 0 Å². The lowest BCUT2D eigenvalue weighted by molar-refractivity contribution is 0.355. The molecule has 4 heteroatoms.